The first kappa shape index (κ1) is 19.6. The molecule has 1 heterocycles. The van der Waals surface area contributed by atoms with Crippen LogP contribution in [0, 0.1) is 11.3 Å². The molecule has 0 N–H and O–H groups in total. The number of rotatable bonds is 5. The van der Waals surface area contributed by atoms with E-state index in [0.29, 0.717) is 12.5 Å². The molecule has 1 aromatic heterocycles. The Hall–Kier alpha value is -2.14. The van der Waals surface area contributed by atoms with Gasteiger partial charge in [-0.2, -0.15) is 5.10 Å². The summed E-state index contributed by atoms with van der Waals surface area (Å²) in [5.41, 5.74) is 3.58. The highest BCUT2D eigenvalue weighted by Gasteiger charge is 2.30. The maximum absolute atomic E-state index is 5.58. The molecule has 1 atom stereocenters. The normalized spacial score (nSPS) is 21.4. The number of aromatic nitrogens is 1. The van der Waals surface area contributed by atoms with Crippen molar-refractivity contribution in [2.24, 2.45) is 21.4 Å². The molecular weight excluding hydrogens is 354 g/mol. The van der Waals surface area contributed by atoms with Crippen LogP contribution < -0.4 is 9.54 Å². The summed E-state index contributed by atoms with van der Waals surface area (Å²) in [5, 5.41) is 7.20. The Morgan fingerprint density at radius 1 is 1.37 bits per heavy atom. The predicted octanol–water partition coefficient (Wildman–Crippen LogP) is 5.36. The van der Waals surface area contributed by atoms with Crippen LogP contribution in [-0.4, -0.2) is 24.0 Å². The van der Waals surface area contributed by atoms with E-state index in [-0.39, 0.29) is 5.41 Å². The average Bonchev–Trinajstić information content (AvgIpc) is 3.00. The third-order valence-corrected chi connectivity index (χ3v) is 5.69. The van der Waals surface area contributed by atoms with Crippen molar-refractivity contribution in [3.05, 3.63) is 47.1 Å². The van der Waals surface area contributed by atoms with Crippen molar-refractivity contribution in [1.82, 2.24) is 4.68 Å². The Kier molecular flexibility index (Phi) is 6.00. The van der Waals surface area contributed by atoms with Gasteiger partial charge in [0.25, 0.3) is 0 Å². The van der Waals surface area contributed by atoms with Gasteiger partial charge < -0.3 is 4.74 Å². The summed E-state index contributed by atoms with van der Waals surface area (Å²) in [4.78, 5) is 5.55. The van der Waals surface area contributed by atoms with Gasteiger partial charge >= 0.3 is 0 Å². The van der Waals surface area contributed by atoms with Crippen LogP contribution in [-0.2, 0) is 0 Å². The van der Waals surface area contributed by atoms with Crippen molar-refractivity contribution in [1.29, 1.82) is 0 Å². The van der Waals surface area contributed by atoms with Crippen molar-refractivity contribution >= 4 is 17.0 Å². The molecule has 0 spiro atoms. The number of hydrogen-bond acceptors (Lipinski definition) is 4. The molecule has 4 nitrogen and oxygen atoms in total. The van der Waals surface area contributed by atoms with Crippen LogP contribution in [0.3, 0.4) is 0 Å². The lowest BCUT2D eigenvalue weighted by Crippen LogP contribution is -2.29. The zero-order valence-electron chi connectivity index (χ0n) is 16.7. The second-order valence-electron chi connectivity index (χ2n) is 8.07. The topological polar surface area (TPSA) is 38.9 Å². The highest BCUT2D eigenvalue weighted by molar-refractivity contribution is 7.07. The van der Waals surface area contributed by atoms with Crippen LogP contribution in [0.2, 0.25) is 0 Å². The van der Waals surface area contributed by atoms with E-state index < -0.39 is 0 Å². The van der Waals surface area contributed by atoms with Crippen molar-refractivity contribution in [2.75, 3.05) is 13.7 Å². The van der Waals surface area contributed by atoms with Crippen LogP contribution in [0.25, 0.3) is 11.3 Å². The van der Waals surface area contributed by atoms with E-state index in [0.717, 1.165) is 34.6 Å². The first-order valence-electron chi connectivity index (χ1n) is 9.45. The second-order valence-corrected chi connectivity index (χ2v) is 8.90. The quantitative estimate of drug-likeness (QED) is 0.640. The first-order chi connectivity index (χ1) is 12.9. The SMILES string of the molecule is C=CCN=c1scc(-c2ccccc2OC)n1N=C1CC(C)CC(C)(C)C1. The van der Waals surface area contributed by atoms with Gasteiger partial charge in [-0.3, -0.25) is 4.99 Å². The lowest BCUT2D eigenvalue weighted by atomic mass is 9.72. The third-order valence-electron chi connectivity index (χ3n) is 4.83. The van der Waals surface area contributed by atoms with Gasteiger partial charge in [-0.05, 0) is 42.7 Å². The fourth-order valence-corrected chi connectivity index (χ4v) is 4.85. The molecule has 0 amide bonds. The molecule has 1 aliphatic rings. The van der Waals surface area contributed by atoms with E-state index in [4.69, 9.17) is 9.84 Å². The summed E-state index contributed by atoms with van der Waals surface area (Å²) in [5.74, 6) is 1.49. The van der Waals surface area contributed by atoms with Gasteiger partial charge in [0, 0.05) is 16.7 Å². The zero-order valence-corrected chi connectivity index (χ0v) is 17.6. The largest absolute Gasteiger partial charge is 0.496 e. The number of ether oxygens (including phenoxy) is 1. The lowest BCUT2D eigenvalue weighted by Gasteiger charge is -2.34. The van der Waals surface area contributed by atoms with Gasteiger partial charge in [0.1, 0.15) is 5.75 Å². The van der Waals surface area contributed by atoms with Crippen LogP contribution in [0.15, 0.2) is 52.4 Å². The molecule has 1 unspecified atom stereocenters. The average molecular weight is 384 g/mol. The minimum absolute atomic E-state index is 0.288. The van der Waals surface area contributed by atoms with Gasteiger partial charge in [-0.25, -0.2) is 4.68 Å². The zero-order chi connectivity index (χ0) is 19.4. The van der Waals surface area contributed by atoms with Crippen LogP contribution in [0.4, 0.5) is 0 Å². The van der Waals surface area contributed by atoms with Crippen molar-refractivity contribution in [3.63, 3.8) is 0 Å². The maximum Gasteiger partial charge on any atom is 0.206 e. The highest BCUT2D eigenvalue weighted by atomic mass is 32.1. The Morgan fingerprint density at radius 3 is 2.85 bits per heavy atom. The molecule has 1 fully saturated rings. The number of methoxy groups -OCH3 is 1. The predicted molar refractivity (Wildman–Crippen MR) is 115 cm³/mol. The van der Waals surface area contributed by atoms with Crippen molar-refractivity contribution in [3.8, 4) is 17.0 Å². The Bertz CT molecular complexity index is 904. The molecule has 3 rings (SSSR count). The summed E-state index contributed by atoms with van der Waals surface area (Å²) in [6.07, 6.45) is 5.12. The second kappa shape index (κ2) is 8.26. The summed E-state index contributed by atoms with van der Waals surface area (Å²) in [7, 11) is 1.70. The van der Waals surface area contributed by atoms with Gasteiger partial charge in [-0.1, -0.05) is 39.0 Å². The number of para-hydroxylation sites is 1. The minimum Gasteiger partial charge on any atom is -0.496 e. The third kappa shape index (κ3) is 4.59. The molecular formula is C22H29N3OS. The van der Waals surface area contributed by atoms with E-state index in [1.165, 1.54) is 12.1 Å². The minimum atomic E-state index is 0.288. The first-order valence-corrected chi connectivity index (χ1v) is 10.3. The Labute approximate surface area is 165 Å². The molecule has 0 bridgehead atoms. The Balaban J connectivity index is 2.14. The molecule has 144 valence electrons. The number of nitrogens with zero attached hydrogens (tertiary/aromatic N) is 3. The summed E-state index contributed by atoms with van der Waals surface area (Å²) >= 11 is 1.61. The van der Waals surface area contributed by atoms with Gasteiger partial charge in [-0.15, -0.1) is 17.9 Å². The molecule has 1 aromatic carbocycles. The van der Waals surface area contributed by atoms with E-state index >= 15 is 0 Å². The van der Waals surface area contributed by atoms with Gasteiger partial charge in [0.05, 0.1) is 19.3 Å². The molecule has 5 heteroatoms. The highest BCUT2D eigenvalue weighted by Crippen LogP contribution is 2.37. The van der Waals surface area contributed by atoms with E-state index in [9.17, 15) is 0 Å². The van der Waals surface area contributed by atoms with E-state index in [1.54, 1.807) is 18.4 Å². The smallest absolute Gasteiger partial charge is 0.206 e. The van der Waals surface area contributed by atoms with Crippen molar-refractivity contribution < 1.29 is 4.74 Å². The number of hydrogen-bond donors (Lipinski definition) is 0. The molecule has 0 saturated heterocycles. The molecule has 0 radical (unpaired) electrons. The van der Waals surface area contributed by atoms with E-state index in [2.05, 4.69) is 43.8 Å². The summed E-state index contributed by atoms with van der Waals surface area (Å²) < 4.78 is 7.58. The monoisotopic (exact) mass is 383 g/mol. The summed E-state index contributed by atoms with van der Waals surface area (Å²) in [6, 6.07) is 8.07. The van der Waals surface area contributed by atoms with Gasteiger partial charge in [0.15, 0.2) is 0 Å². The van der Waals surface area contributed by atoms with Crippen LogP contribution in [0.5, 0.6) is 5.75 Å². The molecule has 0 aliphatic heterocycles. The molecule has 1 aliphatic carbocycles. The number of thiazole rings is 1. The molecule has 1 saturated carbocycles. The molecule has 27 heavy (non-hydrogen) atoms. The fourth-order valence-electron chi connectivity index (χ4n) is 4.02. The fraction of sp³-hybridized carbons (Fsp3) is 0.455. The summed E-state index contributed by atoms with van der Waals surface area (Å²) in [6.45, 7) is 11.4. The Morgan fingerprint density at radius 2 is 2.15 bits per heavy atom. The maximum atomic E-state index is 5.58. The van der Waals surface area contributed by atoms with Crippen LogP contribution >= 0.6 is 11.3 Å². The van der Waals surface area contributed by atoms with Crippen molar-refractivity contribution in [2.45, 2.75) is 40.0 Å². The van der Waals surface area contributed by atoms with Crippen LogP contribution in [0.1, 0.15) is 40.0 Å². The number of benzene rings is 1. The van der Waals surface area contributed by atoms with E-state index in [1.807, 2.05) is 29.0 Å². The lowest BCUT2D eigenvalue weighted by molar-refractivity contribution is 0.265. The standard InChI is InChI=1S/C22H29N3OS/c1-6-11-23-21-25(24-17-12-16(2)13-22(3,4)14-17)19(15-27-21)18-9-7-8-10-20(18)26-5/h6-10,15-16H,1,11-14H2,2-5H3. The van der Waals surface area contributed by atoms with Gasteiger partial charge in [0.2, 0.25) is 4.80 Å². The molecule has 2 aromatic rings.